The first-order valence-electron chi connectivity index (χ1n) is 9.69. The number of amides is 1. The number of hydrogen-bond donors (Lipinski definition) is 2. The van der Waals surface area contributed by atoms with E-state index in [1.807, 2.05) is 30.3 Å². The Morgan fingerprint density at radius 2 is 2.10 bits per heavy atom. The SMILES string of the molecule is CC(C)[C@@]1(C(=O)N[C@H]2CC(=O)O[C@]2(O)CF)CC(c2nccc3ccccc23)=NO1.Cl. The van der Waals surface area contributed by atoms with Gasteiger partial charge in [0.25, 0.3) is 11.7 Å². The van der Waals surface area contributed by atoms with Crippen molar-refractivity contribution in [3.8, 4) is 0 Å². The van der Waals surface area contributed by atoms with Gasteiger partial charge in [0.2, 0.25) is 5.60 Å². The van der Waals surface area contributed by atoms with Gasteiger partial charge in [-0.05, 0) is 11.5 Å². The molecule has 3 atom stereocenters. The Labute approximate surface area is 184 Å². The molecule has 166 valence electrons. The van der Waals surface area contributed by atoms with Gasteiger partial charge in [-0.1, -0.05) is 43.3 Å². The van der Waals surface area contributed by atoms with E-state index in [-0.39, 0.29) is 31.2 Å². The summed E-state index contributed by atoms with van der Waals surface area (Å²) in [4.78, 5) is 34.8. The molecule has 1 aromatic heterocycles. The van der Waals surface area contributed by atoms with Crippen molar-refractivity contribution in [1.29, 1.82) is 0 Å². The van der Waals surface area contributed by atoms with E-state index in [9.17, 15) is 19.1 Å². The normalized spacial score (nSPS) is 27.5. The molecular weight excluding hydrogens is 429 g/mol. The van der Waals surface area contributed by atoms with Crippen molar-refractivity contribution in [1.82, 2.24) is 10.3 Å². The van der Waals surface area contributed by atoms with Crippen LogP contribution in [0.3, 0.4) is 0 Å². The first-order chi connectivity index (χ1) is 14.3. The second-order valence-corrected chi connectivity index (χ2v) is 7.91. The fourth-order valence-corrected chi connectivity index (χ4v) is 3.82. The number of carbonyl (C=O) groups is 2. The molecule has 2 aliphatic rings. The second-order valence-electron chi connectivity index (χ2n) is 7.91. The van der Waals surface area contributed by atoms with Gasteiger partial charge < -0.3 is 20.0 Å². The highest BCUT2D eigenvalue weighted by atomic mass is 35.5. The molecule has 2 aliphatic heterocycles. The van der Waals surface area contributed by atoms with Crippen LogP contribution in [0.25, 0.3) is 10.8 Å². The lowest BCUT2D eigenvalue weighted by Gasteiger charge is -2.32. The van der Waals surface area contributed by atoms with E-state index in [1.165, 1.54) is 0 Å². The van der Waals surface area contributed by atoms with E-state index in [4.69, 9.17) is 4.84 Å². The molecule has 3 heterocycles. The maximum absolute atomic E-state index is 13.3. The van der Waals surface area contributed by atoms with E-state index in [1.54, 1.807) is 20.0 Å². The van der Waals surface area contributed by atoms with E-state index in [0.29, 0.717) is 11.4 Å². The Kier molecular flexibility index (Phi) is 6.20. The number of ether oxygens (including phenoxy) is 1. The highest BCUT2D eigenvalue weighted by molar-refractivity contribution is 6.11. The summed E-state index contributed by atoms with van der Waals surface area (Å²) >= 11 is 0. The van der Waals surface area contributed by atoms with Gasteiger partial charge in [0.05, 0.1) is 12.1 Å². The third kappa shape index (κ3) is 3.83. The molecule has 1 amide bonds. The standard InChI is InChI=1S/C21H22FN3O5.ClH/c1-12(2)20(19(27)24-16-9-17(26)29-21(16,28)11-22)10-15(25-30-20)18-14-6-4-3-5-13(14)7-8-23-18;/h3-8,12,16,28H,9-11H2,1-2H3,(H,24,27);1H/t16-,20+,21+;/m0./s1. The molecule has 0 unspecified atom stereocenters. The van der Waals surface area contributed by atoms with E-state index in [2.05, 4.69) is 20.2 Å². The fourth-order valence-electron chi connectivity index (χ4n) is 3.82. The minimum Gasteiger partial charge on any atom is -0.428 e. The summed E-state index contributed by atoms with van der Waals surface area (Å²) in [5.74, 6) is -4.09. The summed E-state index contributed by atoms with van der Waals surface area (Å²) in [6, 6.07) is 8.34. The molecule has 1 saturated heterocycles. The number of halogens is 2. The molecule has 10 heteroatoms. The Hall–Kier alpha value is -2.78. The Morgan fingerprint density at radius 3 is 2.81 bits per heavy atom. The van der Waals surface area contributed by atoms with Crippen molar-refractivity contribution in [3.63, 3.8) is 0 Å². The van der Waals surface area contributed by atoms with Crippen LogP contribution in [0.2, 0.25) is 0 Å². The van der Waals surface area contributed by atoms with Gasteiger partial charge in [0, 0.05) is 23.9 Å². The largest absolute Gasteiger partial charge is 0.428 e. The lowest BCUT2D eigenvalue weighted by Crippen LogP contribution is -2.58. The maximum atomic E-state index is 13.3. The van der Waals surface area contributed by atoms with Crippen molar-refractivity contribution in [3.05, 3.63) is 42.2 Å². The number of pyridine rings is 1. The molecule has 0 radical (unpaired) electrons. The van der Waals surface area contributed by atoms with Crippen LogP contribution < -0.4 is 5.32 Å². The minimum atomic E-state index is -2.38. The van der Waals surface area contributed by atoms with E-state index >= 15 is 0 Å². The number of rotatable bonds is 5. The number of oxime groups is 1. The van der Waals surface area contributed by atoms with Crippen molar-refractivity contribution in [2.45, 2.75) is 44.1 Å². The second kappa shape index (κ2) is 8.39. The molecule has 0 bridgehead atoms. The van der Waals surface area contributed by atoms with Crippen molar-refractivity contribution < 1.29 is 28.7 Å². The Bertz CT molecular complexity index is 1040. The molecule has 0 spiro atoms. The third-order valence-corrected chi connectivity index (χ3v) is 5.72. The van der Waals surface area contributed by atoms with Crippen LogP contribution in [0, 0.1) is 5.92 Å². The number of alkyl halides is 1. The predicted octanol–water partition coefficient (Wildman–Crippen LogP) is 2.27. The number of aromatic nitrogens is 1. The van der Waals surface area contributed by atoms with Gasteiger partial charge in [0.1, 0.15) is 11.8 Å². The van der Waals surface area contributed by atoms with Crippen molar-refractivity contribution in [2.75, 3.05) is 6.67 Å². The van der Waals surface area contributed by atoms with E-state index < -0.39 is 36.0 Å². The molecule has 1 fully saturated rings. The highest BCUT2D eigenvalue weighted by Gasteiger charge is 2.55. The molecule has 8 nitrogen and oxygen atoms in total. The number of cyclic esters (lactones) is 1. The smallest absolute Gasteiger partial charge is 0.310 e. The lowest BCUT2D eigenvalue weighted by atomic mass is 9.83. The summed E-state index contributed by atoms with van der Waals surface area (Å²) in [6.07, 6.45) is 1.46. The molecular formula is C21H23ClFN3O5. The Balaban J connectivity index is 0.00000272. The van der Waals surface area contributed by atoms with Crippen LogP contribution in [0.15, 0.2) is 41.7 Å². The van der Waals surface area contributed by atoms with Gasteiger partial charge in [0.15, 0.2) is 6.67 Å². The molecule has 0 aliphatic carbocycles. The van der Waals surface area contributed by atoms with Crippen LogP contribution >= 0.6 is 12.4 Å². The topological polar surface area (TPSA) is 110 Å². The number of nitrogens with zero attached hydrogens (tertiary/aromatic N) is 2. The average molecular weight is 452 g/mol. The minimum absolute atomic E-state index is 0. The number of nitrogens with one attached hydrogen (secondary N) is 1. The first kappa shape index (κ1) is 22.9. The van der Waals surface area contributed by atoms with Gasteiger partial charge in [-0.15, -0.1) is 12.4 Å². The van der Waals surface area contributed by atoms with Crippen LogP contribution in [0.1, 0.15) is 32.4 Å². The number of fused-ring (bicyclic) bond motifs is 1. The number of esters is 1. The van der Waals surface area contributed by atoms with Crippen LogP contribution in [-0.2, 0) is 19.2 Å². The van der Waals surface area contributed by atoms with Gasteiger partial charge in [-0.3, -0.25) is 14.6 Å². The first-order valence-corrected chi connectivity index (χ1v) is 9.69. The molecule has 4 rings (SSSR count). The zero-order valence-corrected chi connectivity index (χ0v) is 17.8. The number of hydrogen-bond acceptors (Lipinski definition) is 7. The summed E-state index contributed by atoms with van der Waals surface area (Å²) < 4.78 is 17.9. The number of aliphatic hydroxyl groups is 1. The van der Waals surface area contributed by atoms with Gasteiger partial charge >= 0.3 is 5.97 Å². The van der Waals surface area contributed by atoms with Gasteiger partial charge in [-0.25, -0.2) is 4.39 Å². The average Bonchev–Trinajstić information content (AvgIpc) is 3.30. The van der Waals surface area contributed by atoms with E-state index in [0.717, 1.165) is 10.8 Å². The lowest BCUT2D eigenvalue weighted by molar-refractivity contribution is -0.202. The zero-order valence-electron chi connectivity index (χ0n) is 17.0. The fraction of sp³-hybridized carbons (Fsp3) is 0.429. The molecule has 31 heavy (non-hydrogen) atoms. The Morgan fingerprint density at radius 1 is 1.35 bits per heavy atom. The summed E-state index contributed by atoms with van der Waals surface area (Å²) in [6.45, 7) is 2.26. The molecule has 0 saturated carbocycles. The summed E-state index contributed by atoms with van der Waals surface area (Å²) in [5.41, 5.74) is -0.269. The zero-order chi connectivity index (χ0) is 21.5. The van der Waals surface area contributed by atoms with Crippen molar-refractivity contribution >= 4 is 40.8 Å². The third-order valence-electron chi connectivity index (χ3n) is 5.72. The van der Waals surface area contributed by atoms with Crippen LogP contribution in [0.5, 0.6) is 0 Å². The maximum Gasteiger partial charge on any atom is 0.310 e. The van der Waals surface area contributed by atoms with Crippen molar-refractivity contribution in [2.24, 2.45) is 11.1 Å². The number of benzene rings is 1. The van der Waals surface area contributed by atoms with Crippen LogP contribution in [-0.4, -0.2) is 51.8 Å². The molecule has 1 aromatic carbocycles. The summed E-state index contributed by atoms with van der Waals surface area (Å²) in [7, 11) is 0. The quantitative estimate of drug-likeness (QED) is 0.675. The van der Waals surface area contributed by atoms with Crippen LogP contribution in [0.4, 0.5) is 4.39 Å². The highest BCUT2D eigenvalue weighted by Crippen LogP contribution is 2.36. The number of carbonyl (C=O) groups excluding carboxylic acids is 2. The molecule has 2 N–H and O–H groups in total. The van der Waals surface area contributed by atoms with Gasteiger partial charge in [-0.2, -0.15) is 0 Å². The molecule has 2 aromatic rings. The summed E-state index contributed by atoms with van der Waals surface area (Å²) in [5, 5.41) is 18.7. The predicted molar refractivity (Wildman–Crippen MR) is 112 cm³/mol. The monoisotopic (exact) mass is 451 g/mol.